The van der Waals surface area contributed by atoms with E-state index in [2.05, 4.69) is 21.2 Å². The van der Waals surface area contributed by atoms with Crippen molar-refractivity contribution < 1.29 is 23.9 Å². The number of rotatable bonds is 8. The van der Waals surface area contributed by atoms with Crippen molar-refractivity contribution in [3.8, 4) is 11.5 Å². The molecule has 0 radical (unpaired) electrons. The van der Waals surface area contributed by atoms with Crippen LogP contribution in [0.4, 0.5) is 5.69 Å². The van der Waals surface area contributed by atoms with Crippen molar-refractivity contribution in [1.82, 2.24) is 10.7 Å². The lowest BCUT2D eigenvalue weighted by Gasteiger charge is -2.11. The molecular formula is C21H24N4O5. The Kier molecular flexibility index (Phi) is 8.37. The monoisotopic (exact) mass is 412 g/mol. The molecule has 158 valence electrons. The number of hydrogen-bond acceptors (Lipinski definition) is 6. The fourth-order valence-corrected chi connectivity index (χ4v) is 2.40. The van der Waals surface area contributed by atoms with Crippen LogP contribution in [-0.2, 0) is 14.4 Å². The molecule has 0 bridgehead atoms. The number of anilines is 1. The summed E-state index contributed by atoms with van der Waals surface area (Å²) in [7, 11) is 1.47. The van der Waals surface area contributed by atoms with Gasteiger partial charge in [-0.25, -0.2) is 5.43 Å². The summed E-state index contributed by atoms with van der Waals surface area (Å²) in [5.74, 6) is -1.17. The molecule has 9 heteroatoms. The zero-order valence-corrected chi connectivity index (χ0v) is 17.0. The Morgan fingerprint density at radius 1 is 1.07 bits per heavy atom. The number of carbonyl (C=O) groups excluding carboxylic acids is 3. The summed E-state index contributed by atoms with van der Waals surface area (Å²) < 4.78 is 10.8. The lowest BCUT2D eigenvalue weighted by molar-refractivity contribution is -0.139. The first kappa shape index (κ1) is 22.4. The summed E-state index contributed by atoms with van der Waals surface area (Å²) in [6.45, 7) is 3.79. The summed E-state index contributed by atoms with van der Waals surface area (Å²) in [6.07, 6.45) is 1.36. The second-order valence-electron chi connectivity index (χ2n) is 6.18. The van der Waals surface area contributed by atoms with Gasteiger partial charge in [0.05, 0.1) is 13.3 Å². The molecule has 0 spiro atoms. The van der Waals surface area contributed by atoms with E-state index < -0.39 is 11.8 Å². The number of aryl methyl sites for hydroxylation is 1. The first-order valence-electron chi connectivity index (χ1n) is 9.21. The van der Waals surface area contributed by atoms with Gasteiger partial charge in [-0.1, -0.05) is 12.1 Å². The molecule has 0 atom stereocenters. The standard InChI is InChI=1S/C21H24N4O5/c1-4-22-20(27)21(28)25-23-12-15-8-9-17(18(11-15)29-3)30-13-19(26)24-16-7-5-6-14(2)10-16/h5-12H,4,13H2,1-3H3,(H,22,27)(H,24,26)(H,25,28)/b23-12-. The second kappa shape index (κ2) is 11.2. The average Bonchev–Trinajstić information content (AvgIpc) is 2.72. The van der Waals surface area contributed by atoms with Gasteiger partial charge in [0.15, 0.2) is 18.1 Å². The normalized spacial score (nSPS) is 10.4. The molecule has 0 unspecified atom stereocenters. The highest BCUT2D eigenvalue weighted by Gasteiger charge is 2.11. The van der Waals surface area contributed by atoms with Crippen molar-refractivity contribution in [2.75, 3.05) is 25.6 Å². The van der Waals surface area contributed by atoms with Crippen LogP contribution in [0.2, 0.25) is 0 Å². The Morgan fingerprint density at radius 2 is 1.87 bits per heavy atom. The summed E-state index contributed by atoms with van der Waals surface area (Å²) in [5, 5.41) is 8.86. The van der Waals surface area contributed by atoms with E-state index >= 15 is 0 Å². The maximum Gasteiger partial charge on any atom is 0.329 e. The molecule has 2 aromatic carbocycles. The van der Waals surface area contributed by atoms with Crippen molar-refractivity contribution in [2.24, 2.45) is 5.10 Å². The quantitative estimate of drug-likeness (QED) is 0.346. The third-order valence-electron chi connectivity index (χ3n) is 3.77. The maximum atomic E-state index is 12.1. The van der Waals surface area contributed by atoms with Gasteiger partial charge in [0.1, 0.15) is 0 Å². The van der Waals surface area contributed by atoms with E-state index in [0.29, 0.717) is 29.3 Å². The minimum Gasteiger partial charge on any atom is -0.493 e. The number of likely N-dealkylation sites (N-methyl/N-ethyl adjacent to an activating group) is 1. The molecule has 0 heterocycles. The number of methoxy groups -OCH3 is 1. The van der Waals surface area contributed by atoms with E-state index in [1.165, 1.54) is 13.3 Å². The van der Waals surface area contributed by atoms with Crippen LogP contribution in [0.25, 0.3) is 0 Å². The zero-order chi connectivity index (χ0) is 21.9. The van der Waals surface area contributed by atoms with Crippen molar-refractivity contribution in [2.45, 2.75) is 13.8 Å². The summed E-state index contributed by atoms with van der Waals surface area (Å²) in [5.41, 5.74) is 4.45. The Morgan fingerprint density at radius 3 is 2.57 bits per heavy atom. The highest BCUT2D eigenvalue weighted by molar-refractivity contribution is 6.35. The number of ether oxygens (including phenoxy) is 2. The van der Waals surface area contributed by atoms with Crippen LogP contribution in [0.15, 0.2) is 47.6 Å². The van der Waals surface area contributed by atoms with Gasteiger partial charge in [0, 0.05) is 12.2 Å². The number of hydrogen-bond donors (Lipinski definition) is 3. The minimum atomic E-state index is -0.861. The predicted octanol–water partition coefficient (Wildman–Crippen LogP) is 1.61. The van der Waals surface area contributed by atoms with E-state index in [9.17, 15) is 14.4 Å². The van der Waals surface area contributed by atoms with Crippen LogP contribution < -0.4 is 25.5 Å². The molecule has 0 aromatic heterocycles. The zero-order valence-electron chi connectivity index (χ0n) is 17.0. The van der Waals surface area contributed by atoms with Crippen molar-refractivity contribution >= 4 is 29.6 Å². The molecule has 3 N–H and O–H groups in total. The van der Waals surface area contributed by atoms with Crippen LogP contribution in [0.3, 0.4) is 0 Å². The van der Waals surface area contributed by atoms with Crippen LogP contribution in [0, 0.1) is 6.92 Å². The Balaban J connectivity index is 1.93. The van der Waals surface area contributed by atoms with Gasteiger partial charge in [0.25, 0.3) is 5.91 Å². The smallest absolute Gasteiger partial charge is 0.329 e. The fraction of sp³-hybridized carbons (Fsp3) is 0.238. The first-order chi connectivity index (χ1) is 14.4. The van der Waals surface area contributed by atoms with E-state index in [0.717, 1.165) is 5.56 Å². The lowest BCUT2D eigenvalue weighted by atomic mass is 10.2. The topological polar surface area (TPSA) is 118 Å². The molecule has 2 rings (SSSR count). The molecule has 30 heavy (non-hydrogen) atoms. The molecule has 0 aliphatic carbocycles. The van der Waals surface area contributed by atoms with Gasteiger partial charge in [-0.15, -0.1) is 0 Å². The summed E-state index contributed by atoms with van der Waals surface area (Å²) in [4.78, 5) is 34.9. The maximum absolute atomic E-state index is 12.1. The highest BCUT2D eigenvalue weighted by Crippen LogP contribution is 2.27. The number of amides is 3. The predicted molar refractivity (Wildman–Crippen MR) is 113 cm³/mol. The van der Waals surface area contributed by atoms with Crippen LogP contribution in [0.5, 0.6) is 11.5 Å². The van der Waals surface area contributed by atoms with Crippen LogP contribution in [-0.4, -0.2) is 44.2 Å². The van der Waals surface area contributed by atoms with Gasteiger partial charge >= 0.3 is 11.8 Å². The van der Waals surface area contributed by atoms with Crippen LogP contribution in [0.1, 0.15) is 18.1 Å². The SMILES string of the molecule is CCNC(=O)C(=O)N/N=C\c1ccc(OCC(=O)Nc2cccc(C)c2)c(OC)c1. The number of benzene rings is 2. The van der Waals surface area contributed by atoms with Gasteiger partial charge in [-0.05, 0) is 55.3 Å². The third-order valence-corrected chi connectivity index (χ3v) is 3.77. The van der Waals surface area contributed by atoms with Gasteiger partial charge in [-0.3, -0.25) is 14.4 Å². The molecule has 2 aromatic rings. The minimum absolute atomic E-state index is 0.194. The molecule has 0 saturated carbocycles. The Labute approximate surface area is 174 Å². The molecule has 0 aliphatic rings. The summed E-state index contributed by atoms with van der Waals surface area (Å²) in [6, 6.07) is 12.3. The summed E-state index contributed by atoms with van der Waals surface area (Å²) >= 11 is 0. The molecule has 0 saturated heterocycles. The fourth-order valence-electron chi connectivity index (χ4n) is 2.40. The molecule has 0 aliphatic heterocycles. The van der Waals surface area contributed by atoms with Crippen LogP contribution >= 0.6 is 0 Å². The largest absolute Gasteiger partial charge is 0.493 e. The van der Waals surface area contributed by atoms with Gasteiger partial charge in [0.2, 0.25) is 0 Å². The van der Waals surface area contributed by atoms with Crippen molar-refractivity contribution in [3.63, 3.8) is 0 Å². The van der Waals surface area contributed by atoms with Gasteiger partial charge in [-0.2, -0.15) is 5.10 Å². The molecular weight excluding hydrogens is 388 g/mol. The Hall–Kier alpha value is -3.88. The second-order valence-corrected chi connectivity index (χ2v) is 6.18. The molecule has 9 nitrogen and oxygen atoms in total. The number of nitrogens with one attached hydrogen (secondary N) is 3. The van der Waals surface area contributed by atoms with Crippen molar-refractivity contribution in [1.29, 1.82) is 0 Å². The van der Waals surface area contributed by atoms with Gasteiger partial charge < -0.3 is 20.1 Å². The van der Waals surface area contributed by atoms with E-state index in [4.69, 9.17) is 9.47 Å². The van der Waals surface area contributed by atoms with E-state index in [1.807, 2.05) is 25.1 Å². The van der Waals surface area contributed by atoms with Crippen molar-refractivity contribution in [3.05, 3.63) is 53.6 Å². The number of carbonyl (C=O) groups is 3. The van der Waals surface area contributed by atoms with E-state index in [-0.39, 0.29) is 12.5 Å². The Bertz CT molecular complexity index is 943. The average molecular weight is 412 g/mol. The van der Waals surface area contributed by atoms with E-state index in [1.54, 1.807) is 31.2 Å². The molecule has 3 amide bonds. The first-order valence-corrected chi connectivity index (χ1v) is 9.21. The molecule has 0 fully saturated rings. The lowest BCUT2D eigenvalue weighted by Crippen LogP contribution is -2.37. The third kappa shape index (κ3) is 6.93. The number of nitrogens with zero attached hydrogens (tertiary/aromatic N) is 1. The number of hydrazone groups is 1. The highest BCUT2D eigenvalue weighted by atomic mass is 16.5.